The Morgan fingerprint density at radius 3 is 3.05 bits per heavy atom. The van der Waals surface area contributed by atoms with Gasteiger partial charge in [0.15, 0.2) is 11.4 Å². The number of fused-ring (bicyclic) bond motifs is 1. The van der Waals surface area contributed by atoms with Crippen LogP contribution in [-0.4, -0.2) is 31.2 Å². The van der Waals surface area contributed by atoms with Gasteiger partial charge in [-0.1, -0.05) is 17.7 Å². The molecule has 5 nitrogen and oxygen atoms in total. The molecule has 0 saturated carbocycles. The van der Waals surface area contributed by atoms with Crippen LogP contribution in [0.2, 0.25) is 5.02 Å². The number of aromatic nitrogens is 1. The highest BCUT2D eigenvalue weighted by Gasteiger charge is 2.28. The lowest BCUT2D eigenvalue weighted by atomic mass is 10.2. The van der Waals surface area contributed by atoms with Gasteiger partial charge in [-0.25, -0.2) is 4.98 Å². The highest BCUT2D eigenvalue weighted by Crippen LogP contribution is 2.38. The number of hydrogen-bond donors (Lipinski definition) is 0. The molecule has 0 atom stereocenters. The van der Waals surface area contributed by atoms with Gasteiger partial charge in [0.25, 0.3) is 5.91 Å². The van der Waals surface area contributed by atoms with Crippen molar-refractivity contribution in [3.63, 3.8) is 0 Å². The maximum atomic E-state index is 12.8. The number of hydrogen-bond acceptors (Lipinski definition) is 4. The van der Waals surface area contributed by atoms with E-state index in [9.17, 15) is 4.79 Å². The number of rotatable bonds is 2. The van der Waals surface area contributed by atoms with Gasteiger partial charge in [-0.05, 0) is 30.7 Å². The largest absolute Gasteiger partial charge is 0.494 e. The van der Waals surface area contributed by atoms with Crippen LogP contribution in [-0.2, 0) is 0 Å². The van der Waals surface area contributed by atoms with Crippen molar-refractivity contribution < 1.29 is 14.3 Å². The van der Waals surface area contributed by atoms with Crippen LogP contribution in [0.15, 0.2) is 30.5 Å². The molecule has 0 spiro atoms. The van der Waals surface area contributed by atoms with Crippen LogP contribution < -0.4 is 14.4 Å². The highest BCUT2D eigenvalue weighted by molar-refractivity contribution is 6.32. The van der Waals surface area contributed by atoms with Crippen LogP contribution in [0.4, 0.5) is 5.69 Å². The van der Waals surface area contributed by atoms with Crippen molar-refractivity contribution in [1.29, 1.82) is 0 Å². The molecule has 0 fully saturated rings. The van der Waals surface area contributed by atoms with Crippen molar-refractivity contribution >= 4 is 23.2 Å². The fourth-order valence-electron chi connectivity index (χ4n) is 2.41. The first kappa shape index (κ1) is 14.7. The summed E-state index contributed by atoms with van der Waals surface area (Å²) in [6.45, 7) is 2.72. The Morgan fingerprint density at radius 1 is 1.45 bits per heavy atom. The molecule has 2 aromatic rings. The summed E-state index contributed by atoms with van der Waals surface area (Å²) in [4.78, 5) is 18.7. The molecule has 2 heterocycles. The summed E-state index contributed by atoms with van der Waals surface area (Å²) in [5.74, 6) is 0.749. The van der Waals surface area contributed by atoms with Gasteiger partial charge in [-0.2, -0.15) is 0 Å². The quantitative estimate of drug-likeness (QED) is 0.854. The van der Waals surface area contributed by atoms with Gasteiger partial charge in [0.05, 0.1) is 24.4 Å². The molecule has 22 heavy (non-hydrogen) atoms. The third-order valence-corrected chi connectivity index (χ3v) is 3.75. The summed E-state index contributed by atoms with van der Waals surface area (Å²) in [6.07, 6.45) is 1.65. The van der Waals surface area contributed by atoms with Gasteiger partial charge < -0.3 is 9.47 Å². The smallest absolute Gasteiger partial charge is 0.280 e. The summed E-state index contributed by atoms with van der Waals surface area (Å²) >= 11 is 6.13. The third-order valence-electron chi connectivity index (χ3n) is 3.46. The topological polar surface area (TPSA) is 51.7 Å². The van der Waals surface area contributed by atoms with Gasteiger partial charge in [0.1, 0.15) is 12.4 Å². The van der Waals surface area contributed by atoms with Crippen LogP contribution >= 0.6 is 11.6 Å². The van der Waals surface area contributed by atoms with E-state index in [1.54, 1.807) is 35.4 Å². The van der Waals surface area contributed by atoms with Crippen molar-refractivity contribution in [2.75, 3.05) is 25.2 Å². The van der Waals surface area contributed by atoms with E-state index < -0.39 is 0 Å². The summed E-state index contributed by atoms with van der Waals surface area (Å²) in [5.41, 5.74) is 1.85. The van der Waals surface area contributed by atoms with Crippen LogP contribution in [0.3, 0.4) is 0 Å². The number of ether oxygens (including phenoxy) is 2. The predicted molar refractivity (Wildman–Crippen MR) is 84.1 cm³/mol. The maximum absolute atomic E-state index is 12.8. The lowest BCUT2D eigenvalue weighted by molar-refractivity contribution is 0.0968. The molecule has 0 bridgehead atoms. The monoisotopic (exact) mass is 318 g/mol. The Hall–Kier alpha value is -2.27. The lowest BCUT2D eigenvalue weighted by Crippen LogP contribution is -2.38. The third kappa shape index (κ3) is 2.48. The number of methoxy groups -OCH3 is 1. The Morgan fingerprint density at radius 2 is 2.27 bits per heavy atom. The fourth-order valence-corrected chi connectivity index (χ4v) is 2.63. The van der Waals surface area contributed by atoms with Crippen molar-refractivity contribution in [2.24, 2.45) is 0 Å². The molecule has 1 aromatic heterocycles. The van der Waals surface area contributed by atoms with Crippen LogP contribution in [0.1, 0.15) is 16.1 Å². The molecule has 1 aromatic carbocycles. The van der Waals surface area contributed by atoms with Crippen LogP contribution in [0.25, 0.3) is 0 Å². The molecule has 1 aliphatic rings. The Bertz CT molecular complexity index is 733. The molecule has 1 aliphatic heterocycles. The first-order valence-electron chi connectivity index (χ1n) is 6.85. The minimum atomic E-state index is -0.233. The van der Waals surface area contributed by atoms with Crippen molar-refractivity contribution in [3.8, 4) is 11.5 Å². The fraction of sp³-hybridized carbons (Fsp3) is 0.250. The van der Waals surface area contributed by atoms with E-state index in [1.807, 2.05) is 6.92 Å². The first-order chi connectivity index (χ1) is 10.6. The second-order valence-corrected chi connectivity index (χ2v) is 5.36. The van der Waals surface area contributed by atoms with Gasteiger partial charge in [-0.15, -0.1) is 0 Å². The van der Waals surface area contributed by atoms with Gasteiger partial charge in [-0.3, -0.25) is 9.69 Å². The van der Waals surface area contributed by atoms with Crippen molar-refractivity contribution in [2.45, 2.75) is 6.92 Å². The Kier molecular flexibility index (Phi) is 3.90. The number of anilines is 1. The number of amides is 1. The molecular formula is C16H15ClN2O3. The van der Waals surface area contributed by atoms with E-state index in [4.69, 9.17) is 21.1 Å². The molecular weight excluding hydrogens is 304 g/mol. The second kappa shape index (κ2) is 5.85. The number of aryl methyl sites for hydroxylation is 1. The number of nitrogens with zero attached hydrogens (tertiary/aromatic N) is 2. The molecule has 0 aliphatic carbocycles. The number of para-hydroxylation sites is 1. The van der Waals surface area contributed by atoms with Crippen molar-refractivity contribution in [3.05, 3.63) is 46.7 Å². The molecule has 0 unspecified atom stereocenters. The SMILES string of the molecule is COc1cc(C)cnc1C(=O)N1CCOc2c(Cl)cccc21. The molecule has 6 heteroatoms. The molecule has 0 saturated heterocycles. The van der Waals surface area contributed by atoms with E-state index in [-0.39, 0.29) is 11.6 Å². The number of carbonyl (C=O) groups is 1. The van der Waals surface area contributed by atoms with E-state index in [2.05, 4.69) is 4.98 Å². The van der Waals surface area contributed by atoms with E-state index in [0.29, 0.717) is 35.4 Å². The first-order valence-corrected chi connectivity index (χ1v) is 7.23. The summed E-state index contributed by atoms with van der Waals surface area (Å²) in [7, 11) is 1.53. The molecule has 1 amide bonds. The number of halogens is 1. The zero-order chi connectivity index (χ0) is 15.7. The van der Waals surface area contributed by atoms with Crippen LogP contribution in [0.5, 0.6) is 11.5 Å². The van der Waals surface area contributed by atoms with Gasteiger partial charge >= 0.3 is 0 Å². The summed E-state index contributed by atoms with van der Waals surface area (Å²) in [6, 6.07) is 7.12. The van der Waals surface area contributed by atoms with Gasteiger partial charge in [0, 0.05) is 6.20 Å². The molecule has 0 N–H and O–H groups in total. The minimum Gasteiger partial charge on any atom is -0.494 e. The highest BCUT2D eigenvalue weighted by atomic mass is 35.5. The number of pyridine rings is 1. The standard InChI is InChI=1S/C16H15ClN2O3/c1-10-8-13(21-2)14(18-9-10)16(20)19-6-7-22-15-11(17)4-3-5-12(15)19/h3-5,8-9H,6-7H2,1-2H3. The van der Waals surface area contributed by atoms with Crippen molar-refractivity contribution in [1.82, 2.24) is 4.98 Å². The molecule has 0 radical (unpaired) electrons. The zero-order valence-electron chi connectivity index (χ0n) is 12.3. The Balaban J connectivity index is 2.03. The summed E-state index contributed by atoms with van der Waals surface area (Å²) in [5, 5.41) is 0.485. The predicted octanol–water partition coefficient (Wildman–Crippen LogP) is 3.09. The number of benzene rings is 1. The Labute approximate surface area is 133 Å². The maximum Gasteiger partial charge on any atom is 0.280 e. The minimum absolute atomic E-state index is 0.233. The average molecular weight is 319 g/mol. The zero-order valence-corrected chi connectivity index (χ0v) is 13.1. The summed E-state index contributed by atoms with van der Waals surface area (Å²) < 4.78 is 10.9. The number of carbonyl (C=O) groups excluding carboxylic acids is 1. The average Bonchev–Trinajstić information content (AvgIpc) is 2.54. The van der Waals surface area contributed by atoms with E-state index >= 15 is 0 Å². The molecule has 114 valence electrons. The van der Waals surface area contributed by atoms with E-state index in [0.717, 1.165) is 5.56 Å². The normalized spacial score (nSPS) is 13.3. The van der Waals surface area contributed by atoms with E-state index in [1.165, 1.54) is 7.11 Å². The van der Waals surface area contributed by atoms with Crippen LogP contribution in [0, 0.1) is 6.92 Å². The molecule has 3 rings (SSSR count). The second-order valence-electron chi connectivity index (χ2n) is 4.96. The lowest BCUT2D eigenvalue weighted by Gasteiger charge is -2.30. The van der Waals surface area contributed by atoms with Gasteiger partial charge in [0.2, 0.25) is 0 Å².